The van der Waals surface area contributed by atoms with Crippen molar-refractivity contribution in [1.29, 1.82) is 0 Å². The molecule has 0 heterocycles. The van der Waals surface area contributed by atoms with Crippen molar-refractivity contribution in [2.24, 2.45) is 10.7 Å². The Labute approximate surface area is 129 Å². The third-order valence-electron chi connectivity index (χ3n) is 2.97. The highest BCUT2D eigenvalue weighted by molar-refractivity contribution is 6.32. The third-order valence-corrected chi connectivity index (χ3v) is 3.27. The quantitative estimate of drug-likeness (QED) is 0.670. The minimum absolute atomic E-state index is 0.366. The van der Waals surface area contributed by atoms with Crippen molar-refractivity contribution in [3.8, 4) is 5.75 Å². The van der Waals surface area contributed by atoms with Gasteiger partial charge in [-0.2, -0.15) is 0 Å². The van der Waals surface area contributed by atoms with Crippen molar-refractivity contribution in [2.75, 3.05) is 12.4 Å². The number of halogens is 1. The molecule has 0 spiro atoms. The van der Waals surface area contributed by atoms with Crippen LogP contribution in [0.2, 0.25) is 5.02 Å². The molecule has 0 saturated carbocycles. The highest BCUT2D eigenvalue weighted by Crippen LogP contribution is 2.25. The molecule has 2 aromatic carbocycles. The van der Waals surface area contributed by atoms with Gasteiger partial charge in [0, 0.05) is 5.69 Å². The van der Waals surface area contributed by atoms with E-state index in [4.69, 9.17) is 22.1 Å². The summed E-state index contributed by atoms with van der Waals surface area (Å²) in [6, 6.07) is 13.5. The predicted octanol–water partition coefficient (Wildman–Crippen LogP) is 3.58. The number of nitrogens with two attached hydrogens (primary N) is 1. The zero-order chi connectivity index (χ0) is 15.2. The topological polar surface area (TPSA) is 59.6 Å². The van der Waals surface area contributed by atoms with Gasteiger partial charge in [0.2, 0.25) is 0 Å². The first-order chi connectivity index (χ1) is 10.1. The minimum atomic E-state index is 0.366. The van der Waals surface area contributed by atoms with E-state index in [0.717, 1.165) is 11.3 Å². The number of methoxy groups -OCH3 is 1. The lowest BCUT2D eigenvalue weighted by atomic mass is 10.2. The van der Waals surface area contributed by atoms with Crippen molar-refractivity contribution in [2.45, 2.75) is 13.5 Å². The smallest absolute Gasteiger partial charge is 0.193 e. The van der Waals surface area contributed by atoms with Crippen LogP contribution in [0.15, 0.2) is 47.5 Å². The summed E-state index contributed by atoms with van der Waals surface area (Å²) in [5, 5.41) is 3.61. The molecule has 0 aromatic heterocycles. The number of hydrogen-bond donors (Lipinski definition) is 2. The van der Waals surface area contributed by atoms with Crippen LogP contribution in [0.25, 0.3) is 0 Å². The van der Waals surface area contributed by atoms with Gasteiger partial charge in [-0.15, -0.1) is 0 Å². The number of nitrogens with one attached hydrogen (secondary N) is 1. The molecule has 0 amide bonds. The van der Waals surface area contributed by atoms with Gasteiger partial charge in [0.25, 0.3) is 0 Å². The largest absolute Gasteiger partial charge is 0.495 e. The second-order valence-corrected chi connectivity index (χ2v) is 5.07. The highest BCUT2D eigenvalue weighted by Gasteiger charge is 2.01. The Balaban J connectivity index is 1.99. The van der Waals surface area contributed by atoms with Crippen LogP contribution < -0.4 is 15.8 Å². The average molecular weight is 304 g/mol. The van der Waals surface area contributed by atoms with E-state index in [1.165, 1.54) is 5.56 Å². The number of guanidine groups is 1. The van der Waals surface area contributed by atoms with Crippen LogP contribution in [0.4, 0.5) is 5.69 Å². The van der Waals surface area contributed by atoms with Crippen LogP contribution in [0, 0.1) is 6.92 Å². The maximum Gasteiger partial charge on any atom is 0.193 e. The molecule has 5 heteroatoms. The van der Waals surface area contributed by atoms with E-state index in [9.17, 15) is 0 Å². The molecule has 110 valence electrons. The summed E-state index contributed by atoms with van der Waals surface area (Å²) in [5.74, 6) is 1.01. The molecule has 2 aromatic rings. The van der Waals surface area contributed by atoms with E-state index in [0.29, 0.717) is 23.3 Å². The third kappa shape index (κ3) is 4.39. The molecule has 0 aliphatic rings. The van der Waals surface area contributed by atoms with Gasteiger partial charge in [-0.05, 0) is 36.8 Å². The maximum absolute atomic E-state index is 6.07. The van der Waals surface area contributed by atoms with Crippen molar-refractivity contribution < 1.29 is 4.74 Å². The molecule has 0 bridgehead atoms. The predicted molar refractivity (Wildman–Crippen MR) is 88.1 cm³/mol. The molecule has 0 saturated heterocycles. The van der Waals surface area contributed by atoms with Gasteiger partial charge in [-0.3, -0.25) is 0 Å². The van der Waals surface area contributed by atoms with E-state index in [1.54, 1.807) is 7.11 Å². The van der Waals surface area contributed by atoms with Crippen molar-refractivity contribution in [1.82, 2.24) is 0 Å². The molecule has 21 heavy (non-hydrogen) atoms. The van der Waals surface area contributed by atoms with E-state index in [2.05, 4.69) is 10.3 Å². The van der Waals surface area contributed by atoms with Crippen molar-refractivity contribution in [3.63, 3.8) is 0 Å². The first-order valence-corrected chi connectivity index (χ1v) is 6.92. The van der Waals surface area contributed by atoms with Crippen molar-refractivity contribution in [3.05, 3.63) is 58.6 Å². The first kappa shape index (κ1) is 15.2. The van der Waals surface area contributed by atoms with Gasteiger partial charge < -0.3 is 15.8 Å². The number of anilines is 1. The molecule has 0 atom stereocenters. The molecule has 2 rings (SSSR count). The SMILES string of the molecule is COc1ccc(CN=C(N)Nc2ccc(C)cc2)cc1Cl. The number of rotatable bonds is 4. The summed E-state index contributed by atoms with van der Waals surface area (Å²) in [6.45, 7) is 2.49. The first-order valence-electron chi connectivity index (χ1n) is 6.54. The summed E-state index contributed by atoms with van der Waals surface area (Å²) < 4.78 is 5.11. The normalized spacial score (nSPS) is 11.3. The Morgan fingerprint density at radius 1 is 1.24 bits per heavy atom. The molecular formula is C16H18ClN3O. The molecule has 0 radical (unpaired) electrons. The molecule has 0 unspecified atom stereocenters. The fraction of sp³-hybridized carbons (Fsp3) is 0.188. The number of nitrogens with zero attached hydrogens (tertiary/aromatic N) is 1. The van der Waals surface area contributed by atoms with Crippen LogP contribution >= 0.6 is 11.6 Å². The Kier molecular flexibility index (Phi) is 5.06. The van der Waals surface area contributed by atoms with Crippen LogP contribution in [-0.4, -0.2) is 13.1 Å². The van der Waals surface area contributed by atoms with Gasteiger partial charge in [0.05, 0.1) is 18.7 Å². The van der Waals surface area contributed by atoms with E-state index in [1.807, 2.05) is 49.4 Å². The zero-order valence-electron chi connectivity index (χ0n) is 12.1. The Hall–Kier alpha value is -2.20. The maximum atomic E-state index is 6.07. The van der Waals surface area contributed by atoms with Crippen LogP contribution in [0.1, 0.15) is 11.1 Å². The van der Waals surface area contributed by atoms with Gasteiger partial charge in [0.15, 0.2) is 5.96 Å². The Bertz CT molecular complexity index is 638. The van der Waals surface area contributed by atoms with Gasteiger partial charge in [0.1, 0.15) is 5.75 Å². The average Bonchev–Trinajstić information content (AvgIpc) is 2.48. The molecule has 0 fully saturated rings. The number of aryl methyl sites for hydroxylation is 1. The second-order valence-electron chi connectivity index (χ2n) is 4.66. The molecule has 0 aliphatic heterocycles. The summed E-state index contributed by atoms with van der Waals surface area (Å²) in [6.07, 6.45) is 0. The molecule has 0 aliphatic carbocycles. The number of aliphatic imine (C=N–C) groups is 1. The summed E-state index contributed by atoms with van der Waals surface area (Å²) >= 11 is 6.07. The standard InChI is InChI=1S/C16H18ClN3O/c1-11-3-6-13(7-4-11)20-16(18)19-10-12-5-8-15(21-2)14(17)9-12/h3-9H,10H2,1-2H3,(H3,18,19,20). The van der Waals surface area contributed by atoms with E-state index >= 15 is 0 Å². The summed E-state index contributed by atoms with van der Waals surface area (Å²) in [5.41, 5.74) is 8.94. The van der Waals surface area contributed by atoms with E-state index in [-0.39, 0.29) is 0 Å². The lowest BCUT2D eigenvalue weighted by molar-refractivity contribution is 0.415. The lowest BCUT2D eigenvalue weighted by Crippen LogP contribution is -2.22. The van der Waals surface area contributed by atoms with Gasteiger partial charge >= 0.3 is 0 Å². The number of ether oxygens (including phenoxy) is 1. The summed E-state index contributed by atoms with van der Waals surface area (Å²) in [4.78, 5) is 4.29. The molecule has 4 nitrogen and oxygen atoms in total. The van der Waals surface area contributed by atoms with Crippen LogP contribution in [-0.2, 0) is 6.54 Å². The Morgan fingerprint density at radius 3 is 2.57 bits per heavy atom. The number of benzene rings is 2. The minimum Gasteiger partial charge on any atom is -0.495 e. The van der Waals surface area contributed by atoms with Crippen LogP contribution in [0.5, 0.6) is 5.75 Å². The van der Waals surface area contributed by atoms with Crippen LogP contribution in [0.3, 0.4) is 0 Å². The highest BCUT2D eigenvalue weighted by atomic mass is 35.5. The zero-order valence-corrected chi connectivity index (χ0v) is 12.8. The monoisotopic (exact) mass is 303 g/mol. The number of hydrogen-bond acceptors (Lipinski definition) is 2. The second kappa shape index (κ2) is 6.99. The molecular weight excluding hydrogens is 286 g/mol. The van der Waals surface area contributed by atoms with Crippen molar-refractivity contribution >= 4 is 23.2 Å². The van der Waals surface area contributed by atoms with E-state index < -0.39 is 0 Å². The molecule has 3 N–H and O–H groups in total. The van der Waals surface area contributed by atoms with Gasteiger partial charge in [-0.25, -0.2) is 4.99 Å². The lowest BCUT2D eigenvalue weighted by Gasteiger charge is -2.07. The fourth-order valence-electron chi connectivity index (χ4n) is 1.81. The Morgan fingerprint density at radius 2 is 1.95 bits per heavy atom. The van der Waals surface area contributed by atoms with Gasteiger partial charge in [-0.1, -0.05) is 35.4 Å². The summed E-state index contributed by atoms with van der Waals surface area (Å²) in [7, 11) is 1.59. The fourth-order valence-corrected chi connectivity index (χ4v) is 2.09.